The van der Waals surface area contributed by atoms with Crippen molar-refractivity contribution in [2.24, 2.45) is 11.8 Å². The predicted octanol–water partition coefficient (Wildman–Crippen LogP) is 4.02. The summed E-state index contributed by atoms with van der Waals surface area (Å²) in [6, 6.07) is 16.7. The first-order chi connectivity index (χ1) is 10.3. The van der Waals surface area contributed by atoms with Crippen LogP contribution in [-0.4, -0.2) is 11.6 Å². The van der Waals surface area contributed by atoms with Crippen molar-refractivity contribution in [3.8, 4) is 0 Å². The molecular formula is C18H18O2. The molecule has 0 bridgehead atoms. The molecule has 0 saturated heterocycles. The molecule has 2 atom stereocenters. The average molecular weight is 268 g/mol. The van der Waals surface area contributed by atoms with E-state index < -0.39 is 23.4 Å². The molecule has 0 aliphatic rings. The Balaban J connectivity index is 2.38. The summed E-state index contributed by atoms with van der Waals surface area (Å²) < 4.78 is 16.8. The van der Waals surface area contributed by atoms with E-state index in [0.717, 1.165) is 0 Å². The van der Waals surface area contributed by atoms with E-state index in [4.69, 9.17) is 2.74 Å². The van der Waals surface area contributed by atoms with Gasteiger partial charge >= 0.3 is 0 Å². The van der Waals surface area contributed by atoms with Gasteiger partial charge in [-0.05, 0) is 0 Å². The van der Waals surface area contributed by atoms with Gasteiger partial charge in [-0.15, -0.1) is 0 Å². The van der Waals surface area contributed by atoms with E-state index in [1.54, 1.807) is 60.7 Å². The Morgan fingerprint density at radius 3 is 1.35 bits per heavy atom. The second-order valence-corrected chi connectivity index (χ2v) is 4.64. The van der Waals surface area contributed by atoms with E-state index in [1.165, 1.54) is 13.8 Å². The Morgan fingerprint density at radius 1 is 0.750 bits per heavy atom. The van der Waals surface area contributed by atoms with Crippen LogP contribution in [0.3, 0.4) is 0 Å². The third-order valence-electron chi connectivity index (χ3n) is 3.32. The number of Topliss-reactive ketones (excluding diaryl/α,β-unsaturated/α-hetero) is 2. The quantitative estimate of drug-likeness (QED) is 0.767. The van der Waals surface area contributed by atoms with E-state index in [-0.39, 0.29) is 0 Å². The molecule has 0 unspecified atom stereocenters. The lowest BCUT2D eigenvalue weighted by Crippen LogP contribution is -2.25. The molecule has 0 amide bonds. The Morgan fingerprint density at radius 2 is 1.05 bits per heavy atom. The number of carbonyl (C=O) groups is 2. The predicted molar refractivity (Wildman–Crippen MR) is 79.9 cm³/mol. The van der Waals surface area contributed by atoms with E-state index in [2.05, 4.69) is 0 Å². The van der Waals surface area contributed by atoms with Crippen molar-refractivity contribution in [1.82, 2.24) is 0 Å². The second-order valence-electron chi connectivity index (χ2n) is 4.64. The van der Waals surface area contributed by atoms with Crippen LogP contribution in [0.25, 0.3) is 0 Å². The molecule has 0 spiro atoms. The number of ketones is 2. The first-order valence-corrected chi connectivity index (χ1v) is 6.48. The third kappa shape index (κ3) is 3.02. The van der Waals surface area contributed by atoms with Gasteiger partial charge in [0.15, 0.2) is 11.6 Å². The van der Waals surface area contributed by atoms with Crippen molar-refractivity contribution >= 4 is 11.6 Å². The minimum absolute atomic E-state index is 0.333. The highest BCUT2D eigenvalue weighted by atomic mass is 16.1. The summed E-state index contributed by atoms with van der Waals surface area (Å²) in [6.45, 7) is 2.66. The molecule has 2 rings (SSSR count). The highest BCUT2D eigenvalue weighted by molar-refractivity contribution is 6.04. The maximum Gasteiger partial charge on any atom is 0.166 e. The zero-order valence-electron chi connectivity index (χ0n) is 13.6. The van der Waals surface area contributed by atoms with Gasteiger partial charge in [-0.1, -0.05) is 74.5 Å². The largest absolute Gasteiger partial charge is 0.294 e. The fraction of sp³-hybridized carbons (Fsp3) is 0.222. The van der Waals surface area contributed by atoms with E-state index in [9.17, 15) is 9.59 Å². The van der Waals surface area contributed by atoms with Crippen molar-refractivity contribution in [3.63, 3.8) is 0 Å². The topological polar surface area (TPSA) is 34.1 Å². The maximum atomic E-state index is 12.6. The average Bonchev–Trinajstić information content (AvgIpc) is 2.54. The normalized spacial score (nSPS) is 18.1. The van der Waals surface area contributed by atoms with Crippen molar-refractivity contribution in [3.05, 3.63) is 71.8 Å². The number of hydrogen-bond acceptors (Lipinski definition) is 2. The van der Waals surface area contributed by atoms with Crippen molar-refractivity contribution in [1.29, 1.82) is 0 Å². The summed E-state index contributed by atoms with van der Waals surface area (Å²) >= 11 is 0. The van der Waals surface area contributed by atoms with E-state index in [1.807, 2.05) is 0 Å². The van der Waals surface area contributed by atoms with Gasteiger partial charge in [0.25, 0.3) is 0 Å². The third-order valence-corrected chi connectivity index (χ3v) is 3.32. The van der Waals surface area contributed by atoms with Crippen molar-refractivity contribution < 1.29 is 12.3 Å². The SMILES string of the molecule is [2H][C@@](C)(C(=O)c1ccccc1)[C@]([2H])(C)C(=O)c1ccccc1. The molecule has 2 heteroatoms. The van der Waals surface area contributed by atoms with Crippen molar-refractivity contribution in [2.45, 2.75) is 13.8 Å². The minimum Gasteiger partial charge on any atom is -0.294 e. The van der Waals surface area contributed by atoms with Gasteiger partial charge in [-0.3, -0.25) is 9.59 Å². The molecule has 2 aromatic carbocycles. The molecule has 0 saturated carbocycles. The zero-order valence-corrected chi connectivity index (χ0v) is 11.6. The first kappa shape index (κ1) is 11.6. The molecule has 2 aromatic rings. The van der Waals surface area contributed by atoms with E-state index >= 15 is 0 Å². The van der Waals surface area contributed by atoms with Crippen LogP contribution in [0, 0.1) is 11.8 Å². The highest BCUT2D eigenvalue weighted by Crippen LogP contribution is 2.21. The van der Waals surface area contributed by atoms with Gasteiger partial charge in [-0.2, -0.15) is 0 Å². The lowest BCUT2D eigenvalue weighted by Gasteiger charge is -2.18. The van der Waals surface area contributed by atoms with Crippen LogP contribution in [0.2, 0.25) is 0 Å². The second kappa shape index (κ2) is 6.29. The van der Waals surface area contributed by atoms with Crippen LogP contribution in [0.1, 0.15) is 37.3 Å². The number of carbonyl (C=O) groups excluding carboxylic acids is 2. The van der Waals surface area contributed by atoms with Crippen LogP contribution >= 0.6 is 0 Å². The highest BCUT2D eigenvalue weighted by Gasteiger charge is 2.27. The van der Waals surface area contributed by atoms with Gasteiger partial charge in [-0.25, -0.2) is 0 Å². The minimum atomic E-state index is -1.89. The number of rotatable bonds is 5. The summed E-state index contributed by atoms with van der Waals surface area (Å²) in [5.41, 5.74) is 0.665. The molecule has 0 aromatic heterocycles. The van der Waals surface area contributed by atoms with Crippen molar-refractivity contribution in [2.75, 3.05) is 0 Å². The Kier molecular flexibility index (Phi) is 3.64. The smallest absolute Gasteiger partial charge is 0.166 e. The van der Waals surface area contributed by atoms with E-state index in [0.29, 0.717) is 11.1 Å². The summed E-state index contributed by atoms with van der Waals surface area (Å²) in [5, 5.41) is 0. The molecule has 0 fully saturated rings. The lowest BCUT2D eigenvalue weighted by molar-refractivity contribution is 0.0794. The molecule has 0 radical (unpaired) electrons. The summed E-state index contributed by atoms with van der Waals surface area (Å²) in [7, 11) is 0. The van der Waals surface area contributed by atoms with Crippen LogP contribution in [-0.2, 0) is 0 Å². The molecule has 2 nitrogen and oxygen atoms in total. The summed E-state index contributed by atoms with van der Waals surface area (Å²) in [5.74, 6) is -4.84. The number of benzene rings is 2. The molecule has 0 heterocycles. The molecule has 0 aliphatic heterocycles. The molecule has 0 N–H and O–H groups in total. The van der Waals surface area contributed by atoms with Crippen LogP contribution in [0.4, 0.5) is 0 Å². The van der Waals surface area contributed by atoms with Gasteiger partial charge in [0.1, 0.15) is 0 Å². The van der Waals surface area contributed by atoms with Gasteiger partial charge in [0.05, 0.1) is 0 Å². The molecular weight excluding hydrogens is 248 g/mol. The number of hydrogen-bond donors (Lipinski definition) is 0. The van der Waals surface area contributed by atoms with Gasteiger partial charge in [0.2, 0.25) is 0 Å². The Bertz CT molecular complexity index is 615. The monoisotopic (exact) mass is 268 g/mol. The molecule has 20 heavy (non-hydrogen) atoms. The molecule has 0 aliphatic carbocycles. The standard InChI is InChI=1S/C18H18O2/c1-13(17(19)15-9-5-3-6-10-15)14(2)18(20)16-11-7-4-8-12-16/h3-14H,1-2H3/t13-,14-/m0/s1/i13D,14D. The Hall–Kier alpha value is -2.22. The maximum absolute atomic E-state index is 12.6. The Labute approximate surface area is 122 Å². The summed E-state index contributed by atoms with van der Waals surface area (Å²) in [6.07, 6.45) is 0. The zero-order chi connectivity index (χ0) is 16.4. The molecule has 102 valence electrons. The van der Waals surface area contributed by atoms with Crippen LogP contribution in [0.5, 0.6) is 0 Å². The van der Waals surface area contributed by atoms with Crippen LogP contribution in [0.15, 0.2) is 60.7 Å². The van der Waals surface area contributed by atoms with Gasteiger partial charge in [0, 0.05) is 25.7 Å². The fourth-order valence-corrected chi connectivity index (χ4v) is 1.95. The first-order valence-electron chi connectivity index (χ1n) is 7.48. The summed E-state index contributed by atoms with van der Waals surface area (Å²) in [4.78, 5) is 25.2. The fourth-order valence-electron chi connectivity index (χ4n) is 1.95. The van der Waals surface area contributed by atoms with Crippen LogP contribution < -0.4 is 0 Å². The van der Waals surface area contributed by atoms with Gasteiger partial charge < -0.3 is 0 Å². The lowest BCUT2D eigenvalue weighted by atomic mass is 9.83.